The van der Waals surface area contributed by atoms with E-state index in [1.54, 1.807) is 0 Å². The second-order valence-electron chi connectivity index (χ2n) is 4.46. The zero-order chi connectivity index (χ0) is 13.0. The SMILES string of the molecule is CCNC(c1ccccc1)c1cn(C)nc1CC. The summed E-state index contributed by atoms with van der Waals surface area (Å²) in [4.78, 5) is 0. The summed E-state index contributed by atoms with van der Waals surface area (Å²) in [6, 6.07) is 10.8. The van der Waals surface area contributed by atoms with E-state index in [4.69, 9.17) is 0 Å². The third kappa shape index (κ3) is 2.62. The number of hydrogen-bond acceptors (Lipinski definition) is 2. The molecule has 1 aromatic heterocycles. The molecule has 0 spiro atoms. The van der Waals surface area contributed by atoms with Crippen molar-refractivity contribution in [2.24, 2.45) is 7.05 Å². The van der Waals surface area contributed by atoms with Gasteiger partial charge in [-0.15, -0.1) is 0 Å². The van der Waals surface area contributed by atoms with Crippen LogP contribution in [0.2, 0.25) is 0 Å². The third-order valence-corrected chi connectivity index (χ3v) is 3.12. The zero-order valence-electron chi connectivity index (χ0n) is 11.4. The molecule has 3 nitrogen and oxygen atoms in total. The van der Waals surface area contributed by atoms with Gasteiger partial charge in [0.15, 0.2) is 0 Å². The first-order chi connectivity index (χ1) is 8.76. The number of hydrogen-bond donors (Lipinski definition) is 1. The Morgan fingerprint density at radius 3 is 2.56 bits per heavy atom. The molecule has 0 fully saturated rings. The lowest BCUT2D eigenvalue weighted by molar-refractivity contribution is 0.625. The molecular weight excluding hydrogens is 222 g/mol. The van der Waals surface area contributed by atoms with E-state index in [-0.39, 0.29) is 6.04 Å². The van der Waals surface area contributed by atoms with E-state index >= 15 is 0 Å². The van der Waals surface area contributed by atoms with Crippen molar-refractivity contribution in [2.75, 3.05) is 6.54 Å². The fraction of sp³-hybridized carbons (Fsp3) is 0.400. The van der Waals surface area contributed by atoms with E-state index in [9.17, 15) is 0 Å². The van der Waals surface area contributed by atoms with Gasteiger partial charge in [0, 0.05) is 18.8 Å². The van der Waals surface area contributed by atoms with Gasteiger partial charge in [-0.3, -0.25) is 4.68 Å². The van der Waals surface area contributed by atoms with E-state index in [1.807, 2.05) is 11.7 Å². The molecule has 3 heteroatoms. The second-order valence-corrected chi connectivity index (χ2v) is 4.46. The van der Waals surface area contributed by atoms with Gasteiger partial charge in [-0.05, 0) is 18.5 Å². The molecule has 0 saturated carbocycles. The van der Waals surface area contributed by atoms with Crippen molar-refractivity contribution in [3.63, 3.8) is 0 Å². The van der Waals surface area contributed by atoms with Crippen molar-refractivity contribution < 1.29 is 0 Å². The Hall–Kier alpha value is -1.61. The Balaban J connectivity index is 2.41. The van der Waals surface area contributed by atoms with E-state index in [0.717, 1.165) is 13.0 Å². The molecule has 0 aliphatic rings. The molecule has 96 valence electrons. The number of aryl methyl sites for hydroxylation is 2. The normalized spacial score (nSPS) is 12.6. The lowest BCUT2D eigenvalue weighted by Gasteiger charge is -2.18. The largest absolute Gasteiger partial charge is 0.306 e. The van der Waals surface area contributed by atoms with Gasteiger partial charge >= 0.3 is 0 Å². The third-order valence-electron chi connectivity index (χ3n) is 3.12. The number of aromatic nitrogens is 2. The number of rotatable bonds is 5. The monoisotopic (exact) mass is 243 g/mol. The predicted octanol–water partition coefficient (Wildman–Crippen LogP) is 2.68. The summed E-state index contributed by atoms with van der Waals surface area (Å²) in [6.45, 7) is 5.23. The molecule has 2 aromatic rings. The zero-order valence-corrected chi connectivity index (χ0v) is 11.4. The summed E-state index contributed by atoms with van der Waals surface area (Å²) in [5.74, 6) is 0. The molecule has 1 heterocycles. The maximum Gasteiger partial charge on any atom is 0.0673 e. The second kappa shape index (κ2) is 5.83. The average Bonchev–Trinajstić information content (AvgIpc) is 2.78. The van der Waals surface area contributed by atoms with Crippen LogP contribution in [0.3, 0.4) is 0 Å². The van der Waals surface area contributed by atoms with Crippen LogP contribution in [-0.2, 0) is 13.5 Å². The van der Waals surface area contributed by atoms with Crippen LogP contribution in [0.1, 0.15) is 36.7 Å². The topological polar surface area (TPSA) is 29.9 Å². The van der Waals surface area contributed by atoms with E-state index in [1.165, 1.54) is 16.8 Å². The van der Waals surface area contributed by atoms with Crippen molar-refractivity contribution in [3.8, 4) is 0 Å². The minimum Gasteiger partial charge on any atom is -0.306 e. The molecule has 0 bridgehead atoms. The minimum atomic E-state index is 0.236. The molecule has 18 heavy (non-hydrogen) atoms. The summed E-state index contributed by atoms with van der Waals surface area (Å²) in [7, 11) is 1.98. The van der Waals surface area contributed by atoms with Gasteiger partial charge in [-0.1, -0.05) is 44.2 Å². The summed E-state index contributed by atoms with van der Waals surface area (Å²) in [5.41, 5.74) is 3.75. The quantitative estimate of drug-likeness (QED) is 0.875. The van der Waals surface area contributed by atoms with Gasteiger partial charge in [0.25, 0.3) is 0 Å². The Kier molecular flexibility index (Phi) is 4.15. The van der Waals surface area contributed by atoms with Gasteiger partial charge in [0.05, 0.1) is 11.7 Å². The van der Waals surface area contributed by atoms with Crippen LogP contribution in [0.25, 0.3) is 0 Å². The van der Waals surface area contributed by atoms with Gasteiger partial charge < -0.3 is 5.32 Å². The van der Waals surface area contributed by atoms with E-state index < -0.39 is 0 Å². The highest BCUT2D eigenvalue weighted by atomic mass is 15.3. The van der Waals surface area contributed by atoms with Crippen molar-refractivity contribution in [1.29, 1.82) is 0 Å². The van der Waals surface area contributed by atoms with Crippen molar-refractivity contribution in [3.05, 3.63) is 53.3 Å². The first-order valence-electron chi connectivity index (χ1n) is 6.57. The molecule has 1 unspecified atom stereocenters. The van der Waals surface area contributed by atoms with Gasteiger partial charge in [-0.2, -0.15) is 5.10 Å². The molecule has 0 radical (unpaired) electrons. The highest BCUT2D eigenvalue weighted by molar-refractivity contribution is 5.33. The highest BCUT2D eigenvalue weighted by Gasteiger charge is 2.18. The molecule has 0 amide bonds. The Morgan fingerprint density at radius 1 is 1.22 bits per heavy atom. The first-order valence-corrected chi connectivity index (χ1v) is 6.57. The molecule has 1 atom stereocenters. The smallest absolute Gasteiger partial charge is 0.0673 e. The van der Waals surface area contributed by atoms with Crippen molar-refractivity contribution in [2.45, 2.75) is 26.3 Å². The molecule has 1 N–H and O–H groups in total. The molecule has 0 aliphatic heterocycles. The summed E-state index contributed by atoms with van der Waals surface area (Å²) < 4.78 is 1.90. The van der Waals surface area contributed by atoms with E-state index in [2.05, 4.69) is 60.8 Å². The van der Waals surface area contributed by atoms with Crippen molar-refractivity contribution in [1.82, 2.24) is 15.1 Å². The van der Waals surface area contributed by atoms with Crippen LogP contribution in [0.5, 0.6) is 0 Å². The Labute approximate surface area is 109 Å². The van der Waals surface area contributed by atoms with Crippen molar-refractivity contribution >= 4 is 0 Å². The van der Waals surface area contributed by atoms with Crippen LogP contribution in [0.15, 0.2) is 36.5 Å². The standard InChI is InChI=1S/C15H21N3/c1-4-14-13(11-18(3)17-14)15(16-5-2)12-9-7-6-8-10-12/h6-11,15-16H,4-5H2,1-3H3. The van der Waals surface area contributed by atoms with Crippen LogP contribution in [0.4, 0.5) is 0 Å². The number of nitrogens with zero attached hydrogens (tertiary/aromatic N) is 2. The number of nitrogens with one attached hydrogen (secondary N) is 1. The summed E-state index contributed by atoms with van der Waals surface area (Å²) in [6.07, 6.45) is 3.09. The minimum absolute atomic E-state index is 0.236. The maximum absolute atomic E-state index is 4.53. The van der Waals surface area contributed by atoms with Crippen LogP contribution in [-0.4, -0.2) is 16.3 Å². The molecule has 1 aromatic carbocycles. The predicted molar refractivity (Wildman–Crippen MR) is 74.5 cm³/mol. The van der Waals surface area contributed by atoms with Crippen LogP contribution < -0.4 is 5.32 Å². The fourth-order valence-electron chi connectivity index (χ4n) is 2.33. The van der Waals surface area contributed by atoms with Gasteiger partial charge in [0.1, 0.15) is 0 Å². The average molecular weight is 243 g/mol. The molecular formula is C15H21N3. The van der Waals surface area contributed by atoms with Gasteiger partial charge in [0.2, 0.25) is 0 Å². The van der Waals surface area contributed by atoms with Crippen LogP contribution >= 0.6 is 0 Å². The summed E-state index contributed by atoms with van der Waals surface area (Å²) >= 11 is 0. The van der Waals surface area contributed by atoms with Gasteiger partial charge in [-0.25, -0.2) is 0 Å². The molecule has 2 rings (SSSR count). The molecule has 0 aliphatic carbocycles. The summed E-state index contributed by atoms with van der Waals surface area (Å²) in [5, 5.41) is 8.08. The van der Waals surface area contributed by atoms with Crippen LogP contribution in [0, 0.1) is 0 Å². The first kappa shape index (κ1) is 12.8. The Bertz CT molecular complexity index is 488. The number of benzene rings is 1. The lowest BCUT2D eigenvalue weighted by atomic mass is 9.98. The Morgan fingerprint density at radius 2 is 1.94 bits per heavy atom. The van der Waals surface area contributed by atoms with E-state index in [0.29, 0.717) is 0 Å². The fourth-order valence-corrected chi connectivity index (χ4v) is 2.33. The molecule has 0 saturated heterocycles. The maximum atomic E-state index is 4.53. The highest BCUT2D eigenvalue weighted by Crippen LogP contribution is 2.24. The lowest BCUT2D eigenvalue weighted by Crippen LogP contribution is -2.22.